The van der Waals surface area contributed by atoms with Crippen LogP contribution in [0.4, 0.5) is 17.5 Å². The second-order valence-corrected chi connectivity index (χ2v) is 6.56. The molecule has 2 radical (unpaired) electrons. The first-order valence-corrected chi connectivity index (χ1v) is 8.78. The quantitative estimate of drug-likeness (QED) is 0.625. The Labute approximate surface area is 163 Å². The van der Waals surface area contributed by atoms with E-state index in [4.69, 9.17) is 16.3 Å². The predicted molar refractivity (Wildman–Crippen MR) is 107 cm³/mol. The zero-order valence-corrected chi connectivity index (χ0v) is 16.2. The van der Waals surface area contributed by atoms with Gasteiger partial charge in [-0.2, -0.15) is 10.1 Å². The van der Waals surface area contributed by atoms with E-state index in [9.17, 15) is 0 Å². The fourth-order valence-corrected chi connectivity index (χ4v) is 2.49. The highest BCUT2D eigenvalue weighted by molar-refractivity contribution is 6.32. The molecule has 140 valence electrons. The van der Waals surface area contributed by atoms with Gasteiger partial charge >= 0.3 is 0 Å². The third kappa shape index (κ3) is 4.68. The summed E-state index contributed by atoms with van der Waals surface area (Å²) < 4.78 is 7.09. The first-order valence-electron chi connectivity index (χ1n) is 8.40. The van der Waals surface area contributed by atoms with Crippen molar-refractivity contribution < 1.29 is 4.74 Å². The maximum Gasteiger partial charge on any atom is 0.229 e. The lowest BCUT2D eigenvalue weighted by Gasteiger charge is -2.16. The Morgan fingerprint density at radius 1 is 1.30 bits per heavy atom. The van der Waals surface area contributed by atoms with Crippen LogP contribution in [-0.4, -0.2) is 26.9 Å². The van der Waals surface area contributed by atoms with Crippen LogP contribution in [0.2, 0.25) is 5.02 Å². The SMILES string of the molecule is [CH2][C](Nc1nc(Nc2cnn(C(C)C)c2)ncc1Cl)c1cccc(OC)c1. The summed E-state index contributed by atoms with van der Waals surface area (Å²) in [6, 6.07) is 8.48. The van der Waals surface area contributed by atoms with Crippen molar-refractivity contribution in [2.45, 2.75) is 19.9 Å². The van der Waals surface area contributed by atoms with E-state index in [0.717, 1.165) is 17.0 Å². The van der Waals surface area contributed by atoms with Gasteiger partial charge < -0.3 is 15.4 Å². The highest BCUT2D eigenvalue weighted by atomic mass is 35.5. The molecule has 27 heavy (non-hydrogen) atoms. The van der Waals surface area contributed by atoms with E-state index in [0.29, 0.717) is 22.8 Å². The van der Waals surface area contributed by atoms with E-state index in [1.54, 1.807) is 13.3 Å². The van der Waals surface area contributed by atoms with Gasteiger partial charge in [-0.3, -0.25) is 4.68 Å². The largest absolute Gasteiger partial charge is 0.497 e. The molecule has 0 fully saturated rings. The number of anilines is 3. The maximum atomic E-state index is 6.24. The number of methoxy groups -OCH3 is 1. The van der Waals surface area contributed by atoms with E-state index in [2.05, 4.69) is 46.5 Å². The molecule has 2 heterocycles. The molecule has 0 aliphatic carbocycles. The smallest absolute Gasteiger partial charge is 0.229 e. The minimum absolute atomic E-state index is 0.273. The van der Waals surface area contributed by atoms with Gasteiger partial charge in [0, 0.05) is 12.2 Å². The third-order valence-corrected chi connectivity index (χ3v) is 4.09. The third-order valence-electron chi connectivity index (χ3n) is 3.82. The topological polar surface area (TPSA) is 76.9 Å². The lowest BCUT2D eigenvalue weighted by molar-refractivity contribution is 0.414. The van der Waals surface area contributed by atoms with Gasteiger partial charge in [-0.1, -0.05) is 23.7 Å². The summed E-state index contributed by atoms with van der Waals surface area (Å²) in [5.41, 5.74) is 1.67. The van der Waals surface area contributed by atoms with Crippen LogP contribution in [-0.2, 0) is 0 Å². The highest BCUT2D eigenvalue weighted by Crippen LogP contribution is 2.26. The van der Waals surface area contributed by atoms with Gasteiger partial charge in [-0.05, 0) is 38.5 Å². The van der Waals surface area contributed by atoms with Gasteiger partial charge in [0.25, 0.3) is 0 Å². The number of benzene rings is 1. The molecule has 0 aliphatic heterocycles. The Hall–Kier alpha value is -2.80. The second-order valence-electron chi connectivity index (χ2n) is 6.15. The van der Waals surface area contributed by atoms with E-state index in [1.165, 1.54) is 6.20 Å². The van der Waals surface area contributed by atoms with Crippen LogP contribution in [0.3, 0.4) is 0 Å². The molecule has 0 saturated carbocycles. The minimum atomic E-state index is 0.273. The van der Waals surface area contributed by atoms with Gasteiger partial charge in [0.1, 0.15) is 10.8 Å². The van der Waals surface area contributed by atoms with Crippen molar-refractivity contribution in [3.05, 3.63) is 66.4 Å². The van der Waals surface area contributed by atoms with E-state index >= 15 is 0 Å². The Morgan fingerprint density at radius 2 is 2.11 bits per heavy atom. The average molecular weight is 385 g/mol. The maximum absolute atomic E-state index is 6.24. The van der Waals surface area contributed by atoms with Crippen molar-refractivity contribution in [2.75, 3.05) is 17.7 Å². The van der Waals surface area contributed by atoms with Crippen molar-refractivity contribution in [1.82, 2.24) is 19.7 Å². The summed E-state index contributed by atoms with van der Waals surface area (Å²) in [6.45, 7) is 8.17. The number of nitrogens with one attached hydrogen (secondary N) is 2. The zero-order chi connectivity index (χ0) is 19.4. The summed E-state index contributed by atoms with van der Waals surface area (Å²) in [4.78, 5) is 8.65. The average Bonchev–Trinajstić information content (AvgIpc) is 3.13. The fourth-order valence-electron chi connectivity index (χ4n) is 2.35. The zero-order valence-electron chi connectivity index (χ0n) is 15.4. The van der Waals surface area contributed by atoms with Crippen molar-refractivity contribution in [2.24, 2.45) is 0 Å². The predicted octanol–water partition coefficient (Wildman–Crippen LogP) is 4.49. The number of nitrogens with zero attached hydrogens (tertiary/aromatic N) is 4. The molecule has 0 aliphatic rings. The van der Waals surface area contributed by atoms with E-state index in [-0.39, 0.29) is 6.04 Å². The van der Waals surface area contributed by atoms with Crippen molar-refractivity contribution >= 4 is 29.1 Å². The number of halogens is 1. The van der Waals surface area contributed by atoms with Crippen LogP contribution >= 0.6 is 11.6 Å². The molecule has 2 aromatic heterocycles. The number of hydrogen-bond acceptors (Lipinski definition) is 6. The molecule has 7 nitrogen and oxygen atoms in total. The number of rotatable bonds is 7. The molecule has 0 bridgehead atoms. The molecule has 0 saturated heterocycles. The second kappa shape index (κ2) is 8.26. The Kier molecular flexibility index (Phi) is 5.81. The van der Waals surface area contributed by atoms with Crippen LogP contribution in [0.1, 0.15) is 25.5 Å². The van der Waals surface area contributed by atoms with Gasteiger partial charge in [0.15, 0.2) is 5.82 Å². The van der Waals surface area contributed by atoms with E-state index in [1.807, 2.05) is 35.1 Å². The molecule has 1 aromatic carbocycles. The minimum Gasteiger partial charge on any atom is -0.497 e. The molecule has 3 aromatic rings. The van der Waals surface area contributed by atoms with Crippen molar-refractivity contribution in [3.63, 3.8) is 0 Å². The van der Waals surface area contributed by atoms with Crippen molar-refractivity contribution in [1.29, 1.82) is 0 Å². The van der Waals surface area contributed by atoms with Gasteiger partial charge in [0.05, 0.1) is 31.2 Å². The number of ether oxygens (including phenoxy) is 1. The summed E-state index contributed by atoms with van der Waals surface area (Å²) >= 11 is 6.24. The molecule has 0 amide bonds. The molecule has 0 unspecified atom stereocenters. The monoisotopic (exact) mass is 384 g/mol. The van der Waals surface area contributed by atoms with E-state index < -0.39 is 0 Å². The summed E-state index contributed by atoms with van der Waals surface area (Å²) in [5.74, 6) is 1.61. The summed E-state index contributed by atoms with van der Waals surface area (Å²) in [6.07, 6.45) is 5.15. The lowest BCUT2D eigenvalue weighted by atomic mass is 10.1. The molecular weight excluding hydrogens is 364 g/mol. The van der Waals surface area contributed by atoms with Gasteiger partial charge in [-0.15, -0.1) is 0 Å². The van der Waals surface area contributed by atoms with Crippen LogP contribution in [0.5, 0.6) is 5.75 Å². The highest BCUT2D eigenvalue weighted by Gasteiger charge is 2.13. The molecular formula is C19H21ClN6O. The molecule has 0 spiro atoms. The fraction of sp³-hybridized carbons (Fsp3) is 0.211. The van der Waals surface area contributed by atoms with Crippen molar-refractivity contribution in [3.8, 4) is 5.75 Å². The molecule has 0 atom stereocenters. The Morgan fingerprint density at radius 3 is 2.81 bits per heavy atom. The number of hydrogen-bond donors (Lipinski definition) is 2. The van der Waals surface area contributed by atoms with Gasteiger partial charge in [-0.25, -0.2) is 4.98 Å². The van der Waals surface area contributed by atoms with Crippen LogP contribution < -0.4 is 15.4 Å². The summed E-state index contributed by atoms with van der Waals surface area (Å²) in [5, 5.41) is 10.9. The number of aromatic nitrogens is 4. The first-order chi connectivity index (χ1) is 13.0. The molecule has 2 N–H and O–H groups in total. The standard InChI is InChI=1S/C19H21ClN6O/c1-12(2)26-11-15(9-22-26)24-19-21-10-17(20)18(25-19)23-13(3)14-6-5-7-16(8-14)27-4/h5-12H,3H2,1-2,4H3,(H2,21,23,24,25). The van der Waals surface area contributed by atoms with Crippen LogP contribution in [0.15, 0.2) is 42.9 Å². The summed E-state index contributed by atoms with van der Waals surface area (Å²) in [7, 11) is 1.62. The van der Waals surface area contributed by atoms with Crippen LogP contribution in [0, 0.1) is 13.0 Å². The molecule has 8 heteroatoms. The normalized spacial score (nSPS) is 11.1. The molecule has 3 rings (SSSR count). The first kappa shape index (κ1) is 19.0. The van der Waals surface area contributed by atoms with Gasteiger partial charge in [0.2, 0.25) is 5.95 Å². The van der Waals surface area contributed by atoms with Crippen LogP contribution in [0.25, 0.3) is 0 Å². The lowest BCUT2D eigenvalue weighted by Crippen LogP contribution is -2.11. The Bertz CT molecular complexity index is 911. The Balaban J connectivity index is 1.76.